The zero-order chi connectivity index (χ0) is 10.7. The lowest BCUT2D eigenvalue weighted by molar-refractivity contribution is 0.297. The molecule has 0 bridgehead atoms. The minimum atomic E-state index is 0.454. The van der Waals surface area contributed by atoms with Crippen molar-refractivity contribution in [3.8, 4) is 0 Å². The van der Waals surface area contributed by atoms with E-state index in [1.165, 1.54) is 0 Å². The largest absolute Gasteiger partial charge is 0.344 e. The normalized spacial score (nSPS) is 15.4. The van der Waals surface area contributed by atoms with Crippen LogP contribution in [-0.4, -0.2) is 20.8 Å². The number of rotatable bonds is 3. The molecule has 0 fully saturated rings. The Kier molecular flexibility index (Phi) is 2.90. The van der Waals surface area contributed by atoms with Gasteiger partial charge in [0.25, 0.3) is 0 Å². The molecule has 1 aromatic heterocycles. The van der Waals surface area contributed by atoms with Crippen LogP contribution in [0, 0.1) is 6.67 Å². The first-order valence-corrected chi connectivity index (χ1v) is 5.15. The van der Waals surface area contributed by atoms with E-state index in [0.29, 0.717) is 6.04 Å². The fourth-order valence-corrected chi connectivity index (χ4v) is 1.41. The third kappa shape index (κ3) is 2.49. The number of hydrogen-bond acceptors (Lipinski definition) is 3. The first-order valence-electron chi connectivity index (χ1n) is 5.15. The lowest BCUT2D eigenvalue weighted by Crippen LogP contribution is -2.25. The van der Waals surface area contributed by atoms with Crippen LogP contribution in [0.3, 0.4) is 0 Å². The summed E-state index contributed by atoms with van der Waals surface area (Å²) in [6.07, 6.45) is 5.87. The van der Waals surface area contributed by atoms with Crippen molar-refractivity contribution in [2.24, 2.45) is 0 Å². The van der Waals surface area contributed by atoms with E-state index in [1.807, 2.05) is 41.7 Å². The fraction of sp³-hybridized carbons (Fsp3) is 0.333. The second kappa shape index (κ2) is 4.34. The lowest BCUT2D eigenvalue weighted by Gasteiger charge is -2.21. The summed E-state index contributed by atoms with van der Waals surface area (Å²) >= 11 is 0. The van der Waals surface area contributed by atoms with Crippen LogP contribution in [0.25, 0.3) is 0 Å². The van der Waals surface area contributed by atoms with Gasteiger partial charge in [0.2, 0.25) is 6.67 Å². The van der Waals surface area contributed by atoms with E-state index in [1.54, 1.807) is 0 Å². The van der Waals surface area contributed by atoms with Crippen molar-refractivity contribution in [3.63, 3.8) is 0 Å². The molecule has 0 aromatic carbocycles. The Morgan fingerprint density at radius 1 is 1.33 bits per heavy atom. The molecule has 78 valence electrons. The van der Waals surface area contributed by atoms with Crippen molar-refractivity contribution < 1.29 is 0 Å². The molecule has 2 radical (unpaired) electrons. The van der Waals surface area contributed by atoms with Gasteiger partial charge in [0.1, 0.15) is 0 Å². The number of hydrogen-bond donors (Lipinski definition) is 0. The van der Waals surface area contributed by atoms with Crippen molar-refractivity contribution in [2.75, 3.05) is 0 Å². The van der Waals surface area contributed by atoms with Crippen LogP contribution in [0.4, 0.5) is 0 Å². The quantitative estimate of drug-likeness (QED) is 0.746. The highest BCUT2D eigenvalue weighted by molar-refractivity contribution is 5.07. The zero-order valence-corrected chi connectivity index (χ0v) is 9.09. The van der Waals surface area contributed by atoms with Crippen molar-refractivity contribution in [1.29, 1.82) is 0 Å². The van der Waals surface area contributed by atoms with E-state index in [2.05, 4.69) is 30.4 Å². The van der Waals surface area contributed by atoms with E-state index in [4.69, 9.17) is 0 Å². The maximum Gasteiger partial charge on any atom is 0.208 e. The summed E-state index contributed by atoms with van der Waals surface area (Å²) in [6.45, 7) is 8.31. The van der Waals surface area contributed by atoms with Crippen LogP contribution in [0.15, 0.2) is 36.8 Å². The summed E-state index contributed by atoms with van der Waals surface area (Å²) in [5.74, 6) is 0. The molecule has 1 aliphatic heterocycles. The second-order valence-electron chi connectivity index (χ2n) is 3.85. The Morgan fingerprint density at radius 2 is 2.20 bits per heavy atom. The van der Waals surface area contributed by atoms with Gasteiger partial charge in [-0.3, -0.25) is 4.98 Å². The van der Waals surface area contributed by atoms with E-state index in [-0.39, 0.29) is 0 Å². The van der Waals surface area contributed by atoms with Crippen molar-refractivity contribution in [3.05, 3.63) is 49.2 Å². The summed E-state index contributed by atoms with van der Waals surface area (Å²) in [7, 11) is 0. The van der Waals surface area contributed by atoms with Crippen LogP contribution in [0.2, 0.25) is 0 Å². The first-order chi connectivity index (χ1) is 7.25. The molecule has 0 amide bonds. The third-order valence-corrected chi connectivity index (χ3v) is 2.27. The second-order valence-corrected chi connectivity index (χ2v) is 3.85. The zero-order valence-electron chi connectivity index (χ0n) is 9.09. The van der Waals surface area contributed by atoms with Crippen molar-refractivity contribution in [2.45, 2.75) is 26.4 Å². The third-order valence-electron chi connectivity index (χ3n) is 2.27. The van der Waals surface area contributed by atoms with E-state index in [9.17, 15) is 0 Å². The Balaban J connectivity index is 1.91. The van der Waals surface area contributed by atoms with Gasteiger partial charge in [-0.15, -0.1) is 0 Å². The van der Waals surface area contributed by atoms with Gasteiger partial charge in [-0.05, 0) is 26.0 Å². The van der Waals surface area contributed by atoms with Crippen LogP contribution >= 0.6 is 0 Å². The van der Waals surface area contributed by atoms with Gasteiger partial charge >= 0.3 is 0 Å². The predicted molar refractivity (Wildman–Crippen MR) is 59.1 cm³/mol. The van der Waals surface area contributed by atoms with Crippen molar-refractivity contribution in [1.82, 2.24) is 14.8 Å². The lowest BCUT2D eigenvalue weighted by atomic mass is 10.3. The minimum absolute atomic E-state index is 0.454. The molecule has 1 aromatic rings. The van der Waals surface area contributed by atoms with Gasteiger partial charge in [0, 0.05) is 24.6 Å². The van der Waals surface area contributed by atoms with E-state index in [0.717, 1.165) is 12.2 Å². The topological polar surface area (TPSA) is 19.4 Å². The van der Waals surface area contributed by atoms with Gasteiger partial charge in [-0.2, -0.15) is 0 Å². The van der Waals surface area contributed by atoms with E-state index >= 15 is 0 Å². The van der Waals surface area contributed by atoms with Crippen LogP contribution in [0.5, 0.6) is 0 Å². The van der Waals surface area contributed by atoms with Crippen LogP contribution in [0.1, 0.15) is 19.5 Å². The van der Waals surface area contributed by atoms with E-state index < -0.39 is 0 Å². The molecule has 15 heavy (non-hydrogen) atoms. The monoisotopic (exact) mass is 201 g/mol. The molecular formula is C12H15N3. The Labute approximate surface area is 91.0 Å². The summed E-state index contributed by atoms with van der Waals surface area (Å²) in [5.41, 5.74) is 1.06. The summed E-state index contributed by atoms with van der Waals surface area (Å²) in [5, 5.41) is 0. The average molecular weight is 201 g/mol. The maximum atomic E-state index is 4.28. The minimum Gasteiger partial charge on any atom is -0.344 e. The van der Waals surface area contributed by atoms with Gasteiger partial charge in [0.05, 0.1) is 12.2 Å². The first kappa shape index (κ1) is 10.0. The molecular weight excluding hydrogens is 186 g/mol. The fourth-order valence-electron chi connectivity index (χ4n) is 1.41. The highest BCUT2D eigenvalue weighted by Gasteiger charge is 2.16. The molecule has 0 unspecified atom stereocenters. The van der Waals surface area contributed by atoms with Crippen LogP contribution < -0.4 is 0 Å². The molecule has 2 rings (SSSR count). The van der Waals surface area contributed by atoms with Crippen LogP contribution in [-0.2, 0) is 6.54 Å². The molecule has 1 aliphatic rings. The molecule has 0 aliphatic carbocycles. The molecule has 3 heteroatoms. The molecule has 0 spiro atoms. The average Bonchev–Trinajstić information content (AvgIpc) is 2.68. The highest BCUT2D eigenvalue weighted by Crippen LogP contribution is 2.16. The van der Waals surface area contributed by atoms with Gasteiger partial charge in [0.15, 0.2) is 0 Å². The molecule has 0 saturated carbocycles. The predicted octanol–water partition coefficient (Wildman–Crippen LogP) is 2.08. The Bertz CT molecular complexity index is 332. The molecule has 3 nitrogen and oxygen atoms in total. The number of pyridine rings is 1. The number of nitrogens with zero attached hydrogens (tertiary/aromatic N) is 3. The summed E-state index contributed by atoms with van der Waals surface area (Å²) < 4.78 is 0. The molecule has 0 saturated heterocycles. The van der Waals surface area contributed by atoms with Gasteiger partial charge < -0.3 is 9.80 Å². The highest BCUT2D eigenvalue weighted by atomic mass is 15.3. The maximum absolute atomic E-state index is 4.28. The molecule has 2 heterocycles. The van der Waals surface area contributed by atoms with Crippen molar-refractivity contribution >= 4 is 0 Å². The molecule has 0 N–H and O–H groups in total. The van der Waals surface area contributed by atoms with Gasteiger partial charge in [-0.25, -0.2) is 0 Å². The standard InChI is InChI=1S/C12H15N3/c1-11(2)15-8-7-14(10-15)9-12-5-3-4-6-13-12/h3-8,11H,9H2,1-2H3. The Morgan fingerprint density at radius 3 is 2.80 bits per heavy atom. The summed E-state index contributed by atoms with van der Waals surface area (Å²) in [6, 6.07) is 6.41. The smallest absolute Gasteiger partial charge is 0.208 e. The Hall–Kier alpha value is -1.51. The summed E-state index contributed by atoms with van der Waals surface area (Å²) in [4.78, 5) is 8.35. The van der Waals surface area contributed by atoms with Gasteiger partial charge in [-0.1, -0.05) is 6.07 Å². The number of aromatic nitrogens is 1. The molecule has 0 atom stereocenters. The SMILES string of the molecule is CC(C)N1[C]N(Cc2ccccn2)C=C1.